The zero-order valence-electron chi connectivity index (χ0n) is 16.2. The van der Waals surface area contributed by atoms with Crippen molar-refractivity contribution in [2.24, 2.45) is 0 Å². The lowest BCUT2D eigenvalue weighted by Gasteiger charge is -2.28. The van der Waals surface area contributed by atoms with E-state index < -0.39 is 6.10 Å². The lowest BCUT2D eigenvalue weighted by molar-refractivity contribution is -0.122. The molecule has 1 N–H and O–H groups in total. The van der Waals surface area contributed by atoms with Crippen LogP contribution in [0.25, 0.3) is 0 Å². The van der Waals surface area contributed by atoms with Crippen LogP contribution in [-0.4, -0.2) is 49.2 Å². The minimum absolute atomic E-state index is 0.240. The number of anilines is 3. The average molecular weight is 369 g/mol. The Bertz CT molecular complexity index is 760. The molecule has 144 valence electrons. The van der Waals surface area contributed by atoms with Gasteiger partial charge in [0.15, 0.2) is 11.9 Å². The number of benzene rings is 1. The molecule has 0 saturated carbocycles. The zero-order valence-corrected chi connectivity index (χ0v) is 16.2. The number of hydrogen-bond donors (Lipinski definition) is 1. The van der Waals surface area contributed by atoms with E-state index in [0.717, 1.165) is 25.9 Å². The number of piperidine rings is 1. The van der Waals surface area contributed by atoms with Gasteiger partial charge in [0.25, 0.3) is 5.91 Å². The Morgan fingerprint density at radius 3 is 2.56 bits per heavy atom. The number of nitrogens with zero attached hydrogens (tertiary/aromatic N) is 4. The van der Waals surface area contributed by atoms with Crippen molar-refractivity contribution in [1.82, 2.24) is 9.97 Å². The predicted octanol–water partition coefficient (Wildman–Crippen LogP) is 2.94. The summed E-state index contributed by atoms with van der Waals surface area (Å²) in [4.78, 5) is 25.8. The van der Waals surface area contributed by atoms with Crippen LogP contribution < -0.4 is 19.9 Å². The SMILES string of the molecule is C[C@H](Oc1ccccc1)C(=O)Nc1cnc(N2CCCCC2)nc1N(C)C. The van der Waals surface area contributed by atoms with E-state index in [9.17, 15) is 4.79 Å². The van der Waals surface area contributed by atoms with Crippen molar-refractivity contribution >= 4 is 23.4 Å². The van der Waals surface area contributed by atoms with Crippen molar-refractivity contribution < 1.29 is 9.53 Å². The number of ether oxygens (including phenoxy) is 1. The van der Waals surface area contributed by atoms with Gasteiger partial charge in [-0.1, -0.05) is 18.2 Å². The van der Waals surface area contributed by atoms with Crippen LogP contribution >= 0.6 is 0 Å². The van der Waals surface area contributed by atoms with Crippen molar-refractivity contribution in [2.45, 2.75) is 32.3 Å². The number of aromatic nitrogens is 2. The monoisotopic (exact) mass is 369 g/mol. The molecule has 1 saturated heterocycles. The molecule has 27 heavy (non-hydrogen) atoms. The van der Waals surface area contributed by atoms with Crippen LogP contribution in [-0.2, 0) is 4.79 Å². The molecular formula is C20H27N5O2. The molecule has 2 aromatic rings. The van der Waals surface area contributed by atoms with Crippen LogP contribution in [0.5, 0.6) is 5.75 Å². The lowest BCUT2D eigenvalue weighted by atomic mass is 10.1. The molecule has 7 heteroatoms. The summed E-state index contributed by atoms with van der Waals surface area (Å²) in [6.45, 7) is 3.67. The summed E-state index contributed by atoms with van der Waals surface area (Å²) in [7, 11) is 3.81. The van der Waals surface area contributed by atoms with Crippen LogP contribution in [0, 0.1) is 0 Å². The Balaban J connectivity index is 1.72. The van der Waals surface area contributed by atoms with Crippen LogP contribution in [0.15, 0.2) is 36.5 Å². The standard InChI is InChI=1S/C20H27N5O2/c1-15(27-16-10-6-4-7-11-16)19(26)22-17-14-21-20(23-18(17)24(2)3)25-12-8-5-9-13-25/h4,6-7,10-11,14-15H,5,8-9,12-13H2,1-3H3,(H,22,26)/t15-/m0/s1. The highest BCUT2D eigenvalue weighted by Gasteiger charge is 2.20. The minimum atomic E-state index is -0.635. The second-order valence-electron chi connectivity index (χ2n) is 6.91. The average Bonchev–Trinajstić information content (AvgIpc) is 2.69. The van der Waals surface area contributed by atoms with Crippen LogP contribution in [0.3, 0.4) is 0 Å². The van der Waals surface area contributed by atoms with Gasteiger partial charge in [-0.25, -0.2) is 4.98 Å². The van der Waals surface area contributed by atoms with Gasteiger partial charge in [0.2, 0.25) is 5.95 Å². The molecule has 1 amide bonds. The van der Waals surface area contributed by atoms with E-state index >= 15 is 0 Å². The van der Waals surface area contributed by atoms with Crippen molar-refractivity contribution in [3.63, 3.8) is 0 Å². The van der Waals surface area contributed by atoms with E-state index in [1.165, 1.54) is 6.42 Å². The molecule has 0 spiro atoms. The highest BCUT2D eigenvalue weighted by molar-refractivity contribution is 5.96. The Morgan fingerprint density at radius 1 is 1.19 bits per heavy atom. The maximum atomic E-state index is 12.6. The molecule has 0 unspecified atom stereocenters. The third-order valence-electron chi connectivity index (χ3n) is 4.50. The van der Waals surface area contributed by atoms with Crippen molar-refractivity contribution in [3.8, 4) is 5.75 Å². The number of amides is 1. The van der Waals surface area contributed by atoms with E-state index in [2.05, 4.69) is 20.2 Å². The molecular weight excluding hydrogens is 342 g/mol. The van der Waals surface area contributed by atoms with Gasteiger partial charge in [-0.15, -0.1) is 0 Å². The van der Waals surface area contributed by atoms with E-state index in [4.69, 9.17) is 4.74 Å². The smallest absolute Gasteiger partial charge is 0.265 e. The molecule has 1 aromatic heterocycles. The van der Waals surface area contributed by atoms with E-state index in [-0.39, 0.29) is 5.91 Å². The van der Waals surface area contributed by atoms with Crippen LogP contribution in [0.1, 0.15) is 26.2 Å². The fourth-order valence-electron chi connectivity index (χ4n) is 3.03. The Morgan fingerprint density at radius 2 is 1.89 bits per heavy atom. The number of carbonyl (C=O) groups excluding carboxylic acids is 1. The van der Waals surface area contributed by atoms with Crippen LogP contribution in [0.2, 0.25) is 0 Å². The third-order valence-corrected chi connectivity index (χ3v) is 4.50. The van der Waals surface area contributed by atoms with Gasteiger partial charge in [0, 0.05) is 27.2 Å². The molecule has 3 rings (SSSR count). The molecule has 1 aliphatic heterocycles. The summed E-state index contributed by atoms with van der Waals surface area (Å²) < 4.78 is 5.69. The molecule has 0 aliphatic carbocycles. The predicted molar refractivity (Wildman–Crippen MR) is 108 cm³/mol. The second kappa shape index (κ2) is 8.70. The first-order valence-electron chi connectivity index (χ1n) is 9.36. The molecule has 0 bridgehead atoms. The van der Waals surface area contributed by atoms with Crippen molar-refractivity contribution in [1.29, 1.82) is 0 Å². The third kappa shape index (κ3) is 4.87. The molecule has 1 aromatic carbocycles. The minimum Gasteiger partial charge on any atom is -0.481 e. The lowest BCUT2D eigenvalue weighted by Crippen LogP contribution is -2.33. The topological polar surface area (TPSA) is 70.6 Å². The summed E-state index contributed by atoms with van der Waals surface area (Å²) in [5, 5.41) is 2.89. The molecule has 0 radical (unpaired) electrons. The summed E-state index contributed by atoms with van der Waals surface area (Å²) in [6, 6.07) is 9.30. The summed E-state index contributed by atoms with van der Waals surface area (Å²) in [6.07, 6.45) is 4.62. The number of hydrogen-bond acceptors (Lipinski definition) is 6. The van der Waals surface area contributed by atoms with Crippen molar-refractivity contribution in [2.75, 3.05) is 42.3 Å². The van der Waals surface area contributed by atoms with Crippen molar-refractivity contribution in [3.05, 3.63) is 36.5 Å². The van der Waals surface area contributed by atoms with Gasteiger partial charge in [-0.05, 0) is 38.3 Å². The van der Waals surface area contributed by atoms with E-state index in [1.807, 2.05) is 49.3 Å². The summed E-state index contributed by atoms with van der Waals surface area (Å²) in [5.74, 6) is 1.82. The highest BCUT2D eigenvalue weighted by atomic mass is 16.5. The zero-order chi connectivity index (χ0) is 19.2. The maximum absolute atomic E-state index is 12.6. The summed E-state index contributed by atoms with van der Waals surface area (Å²) >= 11 is 0. The number of rotatable bonds is 6. The number of nitrogens with one attached hydrogen (secondary N) is 1. The highest BCUT2D eigenvalue weighted by Crippen LogP contribution is 2.25. The van der Waals surface area contributed by atoms with Gasteiger partial charge < -0.3 is 19.9 Å². The molecule has 1 fully saturated rings. The maximum Gasteiger partial charge on any atom is 0.265 e. The van der Waals surface area contributed by atoms with Gasteiger partial charge in [-0.3, -0.25) is 4.79 Å². The van der Waals surface area contributed by atoms with E-state index in [0.29, 0.717) is 23.2 Å². The van der Waals surface area contributed by atoms with E-state index in [1.54, 1.807) is 13.1 Å². The quantitative estimate of drug-likeness (QED) is 0.844. The first-order chi connectivity index (χ1) is 13.0. The molecule has 7 nitrogen and oxygen atoms in total. The largest absolute Gasteiger partial charge is 0.481 e. The van der Waals surface area contributed by atoms with Gasteiger partial charge >= 0.3 is 0 Å². The molecule has 1 atom stereocenters. The first kappa shape index (κ1) is 18.9. The summed E-state index contributed by atoms with van der Waals surface area (Å²) in [5.41, 5.74) is 0.578. The number of carbonyl (C=O) groups is 1. The van der Waals surface area contributed by atoms with Gasteiger partial charge in [-0.2, -0.15) is 4.98 Å². The van der Waals surface area contributed by atoms with Gasteiger partial charge in [0.05, 0.1) is 6.20 Å². The fourth-order valence-corrected chi connectivity index (χ4v) is 3.03. The molecule has 2 heterocycles. The van der Waals surface area contributed by atoms with Gasteiger partial charge in [0.1, 0.15) is 11.4 Å². The second-order valence-corrected chi connectivity index (χ2v) is 6.91. The Kier molecular flexibility index (Phi) is 6.11. The fraction of sp³-hybridized carbons (Fsp3) is 0.450. The number of para-hydroxylation sites is 1. The molecule has 1 aliphatic rings. The normalized spacial score (nSPS) is 15.1. The Labute approximate surface area is 160 Å². The first-order valence-corrected chi connectivity index (χ1v) is 9.36. The van der Waals surface area contributed by atoms with Crippen LogP contribution in [0.4, 0.5) is 17.5 Å². The Hall–Kier alpha value is -2.83.